The first-order chi connectivity index (χ1) is 7.60. The Bertz CT molecular complexity index is 303. The van der Waals surface area contributed by atoms with Gasteiger partial charge in [0.2, 0.25) is 0 Å². The molecule has 16 heavy (non-hydrogen) atoms. The second kappa shape index (κ2) is 6.02. The molecule has 0 saturated heterocycles. The van der Waals surface area contributed by atoms with E-state index in [4.69, 9.17) is 5.11 Å². The van der Waals surface area contributed by atoms with Crippen LogP contribution in [0.1, 0.15) is 31.9 Å². The maximum atomic E-state index is 8.74. The Hall–Kier alpha value is -0.860. The van der Waals surface area contributed by atoms with E-state index in [0.717, 1.165) is 13.0 Å². The van der Waals surface area contributed by atoms with Gasteiger partial charge in [-0.05, 0) is 17.5 Å². The molecule has 90 valence electrons. The van der Waals surface area contributed by atoms with Gasteiger partial charge in [-0.2, -0.15) is 0 Å². The van der Waals surface area contributed by atoms with E-state index >= 15 is 0 Å². The van der Waals surface area contributed by atoms with Crippen LogP contribution in [0.5, 0.6) is 0 Å². The fraction of sp³-hybridized carbons (Fsp3) is 0.571. The van der Waals surface area contributed by atoms with Gasteiger partial charge in [-0.1, -0.05) is 45.0 Å². The number of hydrogen-bond donors (Lipinski definition) is 2. The molecule has 2 nitrogen and oxygen atoms in total. The highest BCUT2D eigenvalue weighted by Gasteiger charge is 2.19. The van der Waals surface area contributed by atoms with Crippen LogP contribution in [0.15, 0.2) is 24.3 Å². The Balaban J connectivity index is 2.65. The molecule has 0 amide bonds. The molecule has 2 heteroatoms. The van der Waals surface area contributed by atoms with Crippen molar-refractivity contribution >= 4 is 0 Å². The summed E-state index contributed by atoms with van der Waals surface area (Å²) in [6.45, 7) is 8.36. The van der Waals surface area contributed by atoms with Crippen molar-refractivity contribution in [2.75, 3.05) is 19.7 Å². The van der Waals surface area contributed by atoms with E-state index in [1.54, 1.807) is 0 Å². The summed E-state index contributed by atoms with van der Waals surface area (Å²) in [5, 5.41) is 12.0. The van der Waals surface area contributed by atoms with Crippen LogP contribution >= 0.6 is 0 Å². The minimum Gasteiger partial charge on any atom is -0.395 e. The zero-order valence-electron chi connectivity index (χ0n) is 10.6. The molecule has 0 fully saturated rings. The van der Waals surface area contributed by atoms with Gasteiger partial charge in [-0.3, -0.25) is 0 Å². The Morgan fingerprint density at radius 1 is 1.19 bits per heavy atom. The van der Waals surface area contributed by atoms with Crippen molar-refractivity contribution in [1.82, 2.24) is 5.32 Å². The molecule has 0 saturated carbocycles. The maximum Gasteiger partial charge on any atom is 0.0555 e. The molecule has 0 aliphatic rings. The van der Waals surface area contributed by atoms with E-state index in [9.17, 15) is 0 Å². The standard InChI is InChI=1S/C14H23NO/c1-4-12-5-7-13(8-6-12)14(2,3)11-15-9-10-16/h5-8,15-16H,4,9-11H2,1-3H3. The lowest BCUT2D eigenvalue weighted by Gasteiger charge is -2.26. The SMILES string of the molecule is CCc1ccc(C(C)(C)CNCCO)cc1. The predicted molar refractivity (Wildman–Crippen MR) is 68.8 cm³/mol. The van der Waals surface area contributed by atoms with Gasteiger partial charge in [0.05, 0.1) is 6.61 Å². The molecular formula is C14H23NO. The minimum absolute atomic E-state index is 0.113. The average molecular weight is 221 g/mol. The Morgan fingerprint density at radius 3 is 2.31 bits per heavy atom. The van der Waals surface area contributed by atoms with Gasteiger partial charge in [0, 0.05) is 18.5 Å². The first kappa shape index (κ1) is 13.2. The monoisotopic (exact) mass is 221 g/mol. The number of aliphatic hydroxyl groups is 1. The quantitative estimate of drug-likeness (QED) is 0.721. The third-order valence-electron chi connectivity index (χ3n) is 3.00. The van der Waals surface area contributed by atoms with E-state index in [1.165, 1.54) is 11.1 Å². The highest BCUT2D eigenvalue weighted by atomic mass is 16.3. The number of aliphatic hydroxyl groups excluding tert-OH is 1. The molecule has 0 aliphatic heterocycles. The maximum absolute atomic E-state index is 8.74. The molecular weight excluding hydrogens is 198 g/mol. The Labute approximate surface area is 98.7 Å². The third kappa shape index (κ3) is 3.62. The summed E-state index contributed by atoms with van der Waals surface area (Å²) in [5.74, 6) is 0. The van der Waals surface area contributed by atoms with Crippen LogP contribution in [-0.4, -0.2) is 24.8 Å². The van der Waals surface area contributed by atoms with E-state index in [1.807, 2.05) is 0 Å². The molecule has 0 spiro atoms. The summed E-state index contributed by atoms with van der Waals surface area (Å²) in [6.07, 6.45) is 1.09. The highest BCUT2D eigenvalue weighted by Crippen LogP contribution is 2.22. The summed E-state index contributed by atoms with van der Waals surface area (Å²) in [7, 11) is 0. The first-order valence-electron chi connectivity index (χ1n) is 6.01. The topological polar surface area (TPSA) is 32.3 Å². The van der Waals surface area contributed by atoms with Crippen molar-refractivity contribution in [3.05, 3.63) is 35.4 Å². The van der Waals surface area contributed by atoms with Crippen molar-refractivity contribution in [3.63, 3.8) is 0 Å². The number of nitrogens with one attached hydrogen (secondary N) is 1. The zero-order chi connectivity index (χ0) is 12.0. The molecule has 1 aromatic rings. The summed E-state index contributed by atoms with van der Waals surface area (Å²) in [4.78, 5) is 0. The van der Waals surface area contributed by atoms with Crippen molar-refractivity contribution in [1.29, 1.82) is 0 Å². The number of aryl methyl sites for hydroxylation is 1. The molecule has 0 aliphatic carbocycles. The molecule has 1 rings (SSSR count). The molecule has 1 aromatic carbocycles. The minimum atomic E-state index is 0.113. The van der Waals surface area contributed by atoms with Gasteiger partial charge < -0.3 is 10.4 Å². The normalized spacial score (nSPS) is 11.8. The van der Waals surface area contributed by atoms with Crippen LogP contribution in [-0.2, 0) is 11.8 Å². The predicted octanol–water partition coefficient (Wildman–Crippen LogP) is 2.11. The van der Waals surface area contributed by atoms with Gasteiger partial charge in [0.25, 0.3) is 0 Å². The Kier molecular flexibility index (Phi) is 4.97. The van der Waals surface area contributed by atoms with Gasteiger partial charge in [0.1, 0.15) is 0 Å². The summed E-state index contributed by atoms with van der Waals surface area (Å²) in [5.41, 5.74) is 2.83. The van der Waals surface area contributed by atoms with Gasteiger partial charge >= 0.3 is 0 Å². The van der Waals surface area contributed by atoms with Crippen molar-refractivity contribution < 1.29 is 5.11 Å². The average Bonchev–Trinajstić information content (AvgIpc) is 2.29. The first-order valence-corrected chi connectivity index (χ1v) is 6.01. The summed E-state index contributed by atoms with van der Waals surface area (Å²) in [6, 6.07) is 8.81. The molecule has 0 aromatic heterocycles. The second-order valence-corrected chi connectivity index (χ2v) is 4.83. The van der Waals surface area contributed by atoms with Crippen LogP contribution < -0.4 is 5.32 Å². The van der Waals surface area contributed by atoms with E-state index in [-0.39, 0.29) is 12.0 Å². The van der Waals surface area contributed by atoms with Gasteiger partial charge in [-0.25, -0.2) is 0 Å². The van der Waals surface area contributed by atoms with E-state index in [0.29, 0.717) is 6.54 Å². The van der Waals surface area contributed by atoms with Crippen LogP contribution in [0.3, 0.4) is 0 Å². The lowest BCUT2D eigenvalue weighted by atomic mass is 9.84. The van der Waals surface area contributed by atoms with Crippen LogP contribution in [0, 0.1) is 0 Å². The van der Waals surface area contributed by atoms with Crippen LogP contribution in [0.4, 0.5) is 0 Å². The number of benzene rings is 1. The number of rotatable bonds is 6. The third-order valence-corrected chi connectivity index (χ3v) is 3.00. The summed E-state index contributed by atoms with van der Waals surface area (Å²) < 4.78 is 0. The number of hydrogen-bond acceptors (Lipinski definition) is 2. The Morgan fingerprint density at radius 2 is 1.81 bits per heavy atom. The van der Waals surface area contributed by atoms with Crippen molar-refractivity contribution in [3.8, 4) is 0 Å². The smallest absolute Gasteiger partial charge is 0.0555 e. The fourth-order valence-corrected chi connectivity index (χ4v) is 1.77. The van der Waals surface area contributed by atoms with E-state index in [2.05, 4.69) is 50.4 Å². The van der Waals surface area contributed by atoms with Crippen molar-refractivity contribution in [2.45, 2.75) is 32.6 Å². The lowest BCUT2D eigenvalue weighted by Crippen LogP contribution is -2.34. The lowest BCUT2D eigenvalue weighted by molar-refractivity contribution is 0.286. The second-order valence-electron chi connectivity index (χ2n) is 4.83. The molecule has 0 bridgehead atoms. The van der Waals surface area contributed by atoms with Gasteiger partial charge in [0.15, 0.2) is 0 Å². The molecule has 2 N–H and O–H groups in total. The summed E-state index contributed by atoms with van der Waals surface area (Å²) >= 11 is 0. The van der Waals surface area contributed by atoms with Gasteiger partial charge in [-0.15, -0.1) is 0 Å². The molecule has 0 atom stereocenters. The highest BCUT2D eigenvalue weighted by molar-refractivity contribution is 5.28. The molecule has 0 unspecified atom stereocenters. The van der Waals surface area contributed by atoms with Crippen LogP contribution in [0.2, 0.25) is 0 Å². The fourth-order valence-electron chi connectivity index (χ4n) is 1.77. The van der Waals surface area contributed by atoms with Crippen LogP contribution in [0.25, 0.3) is 0 Å². The largest absolute Gasteiger partial charge is 0.395 e. The zero-order valence-corrected chi connectivity index (χ0v) is 10.6. The van der Waals surface area contributed by atoms with E-state index < -0.39 is 0 Å². The molecule has 0 radical (unpaired) electrons. The van der Waals surface area contributed by atoms with Crippen molar-refractivity contribution in [2.24, 2.45) is 0 Å². The molecule has 0 heterocycles.